The van der Waals surface area contributed by atoms with Crippen LogP contribution < -0.4 is 0 Å². The molecule has 0 fully saturated rings. The lowest BCUT2D eigenvalue weighted by Gasteiger charge is -2.17. The zero-order chi connectivity index (χ0) is 8.27. The normalized spacial score (nSPS) is 24.5. The van der Waals surface area contributed by atoms with Gasteiger partial charge in [0.1, 0.15) is 0 Å². The van der Waals surface area contributed by atoms with E-state index in [1.165, 1.54) is 24.8 Å². The van der Waals surface area contributed by atoms with Crippen LogP contribution in [0.2, 0.25) is 0 Å². The summed E-state index contributed by atoms with van der Waals surface area (Å²) in [7, 11) is 0. The van der Waals surface area contributed by atoms with Crippen LogP contribution in [0.15, 0.2) is 23.3 Å². The van der Waals surface area contributed by atoms with Crippen molar-refractivity contribution in [2.24, 2.45) is 5.92 Å². The van der Waals surface area contributed by atoms with Crippen molar-refractivity contribution in [3.63, 3.8) is 0 Å². The Balaban J connectivity index is 2.69. The molecule has 11 heavy (non-hydrogen) atoms. The lowest BCUT2D eigenvalue weighted by molar-refractivity contribution is 0.606. The van der Waals surface area contributed by atoms with Gasteiger partial charge in [0.25, 0.3) is 0 Å². The average Bonchev–Trinajstić information content (AvgIpc) is 2.03. The van der Waals surface area contributed by atoms with Crippen molar-refractivity contribution in [3.8, 4) is 0 Å². The van der Waals surface area contributed by atoms with Crippen molar-refractivity contribution in [2.75, 3.05) is 0 Å². The van der Waals surface area contributed by atoms with Gasteiger partial charge in [-0.3, -0.25) is 0 Å². The molecule has 1 aliphatic carbocycles. The Labute approximate surface area is 70.0 Å². The van der Waals surface area contributed by atoms with Crippen LogP contribution in [0.1, 0.15) is 40.0 Å². The summed E-state index contributed by atoms with van der Waals surface area (Å²) in [6, 6.07) is 0. The molecule has 0 heterocycles. The summed E-state index contributed by atoms with van der Waals surface area (Å²) in [5, 5.41) is 0. The molecule has 0 aliphatic heterocycles. The van der Waals surface area contributed by atoms with Crippen LogP contribution in [0, 0.1) is 5.92 Å². The molecule has 0 aromatic heterocycles. The predicted octanol–water partition coefficient (Wildman–Crippen LogP) is 3.70. The monoisotopic (exact) mass is 150 g/mol. The molecule has 0 bridgehead atoms. The maximum absolute atomic E-state index is 2.44. The summed E-state index contributed by atoms with van der Waals surface area (Å²) in [6.45, 7) is 6.74. The highest BCUT2D eigenvalue weighted by atomic mass is 14.1. The van der Waals surface area contributed by atoms with Crippen LogP contribution in [0.3, 0.4) is 0 Å². The van der Waals surface area contributed by atoms with E-state index in [4.69, 9.17) is 0 Å². The first-order valence-electron chi connectivity index (χ1n) is 4.64. The van der Waals surface area contributed by atoms with E-state index in [2.05, 4.69) is 32.9 Å². The molecular weight excluding hydrogens is 132 g/mol. The molecule has 0 heteroatoms. The van der Waals surface area contributed by atoms with Gasteiger partial charge in [-0.15, -0.1) is 0 Å². The summed E-state index contributed by atoms with van der Waals surface area (Å²) in [6.07, 6.45) is 8.53. The van der Waals surface area contributed by atoms with Crippen molar-refractivity contribution in [3.05, 3.63) is 23.3 Å². The van der Waals surface area contributed by atoms with Gasteiger partial charge in [0.2, 0.25) is 0 Å². The molecule has 62 valence electrons. The Bertz CT molecular complexity index is 184. The topological polar surface area (TPSA) is 0 Å². The molecular formula is C11H18. The third-order valence-electron chi connectivity index (χ3n) is 2.40. The minimum Gasteiger partial charge on any atom is -0.0779 e. The second-order valence-corrected chi connectivity index (χ2v) is 3.46. The zero-order valence-corrected chi connectivity index (χ0v) is 7.85. The highest BCUT2D eigenvalue weighted by Gasteiger charge is 2.09. The first-order chi connectivity index (χ1) is 5.26. The van der Waals surface area contributed by atoms with Gasteiger partial charge < -0.3 is 0 Å². The zero-order valence-electron chi connectivity index (χ0n) is 7.85. The van der Waals surface area contributed by atoms with Gasteiger partial charge in [0.05, 0.1) is 0 Å². The van der Waals surface area contributed by atoms with Gasteiger partial charge >= 0.3 is 0 Å². The maximum Gasteiger partial charge on any atom is -0.0193 e. The quantitative estimate of drug-likeness (QED) is 0.563. The lowest BCUT2D eigenvalue weighted by atomic mass is 9.89. The molecule has 0 nitrogen and oxygen atoms in total. The minimum absolute atomic E-state index is 0.815. The van der Waals surface area contributed by atoms with Gasteiger partial charge in [0, 0.05) is 0 Å². The highest BCUT2D eigenvalue weighted by Crippen LogP contribution is 2.25. The van der Waals surface area contributed by atoms with Crippen LogP contribution in [-0.4, -0.2) is 0 Å². The van der Waals surface area contributed by atoms with Crippen molar-refractivity contribution in [1.29, 1.82) is 0 Å². The summed E-state index contributed by atoms with van der Waals surface area (Å²) < 4.78 is 0. The fourth-order valence-electron chi connectivity index (χ4n) is 1.68. The molecule has 1 unspecified atom stereocenters. The number of allylic oxidation sites excluding steroid dienone is 4. The van der Waals surface area contributed by atoms with E-state index in [0.29, 0.717) is 0 Å². The van der Waals surface area contributed by atoms with Gasteiger partial charge in [-0.05, 0) is 32.1 Å². The number of hydrogen-bond donors (Lipinski definition) is 0. The predicted molar refractivity (Wildman–Crippen MR) is 50.5 cm³/mol. The third kappa shape index (κ3) is 2.21. The molecule has 0 saturated carbocycles. The van der Waals surface area contributed by atoms with Crippen LogP contribution in [0.4, 0.5) is 0 Å². The van der Waals surface area contributed by atoms with Crippen LogP contribution in [-0.2, 0) is 0 Å². The van der Waals surface area contributed by atoms with E-state index in [0.717, 1.165) is 5.92 Å². The smallest absolute Gasteiger partial charge is 0.0193 e. The molecule has 1 atom stereocenters. The van der Waals surface area contributed by atoms with E-state index in [1.54, 1.807) is 5.57 Å². The molecule has 0 amide bonds. The second kappa shape index (κ2) is 3.75. The van der Waals surface area contributed by atoms with E-state index in [1.807, 2.05) is 0 Å². The molecule has 0 radical (unpaired) electrons. The molecule has 0 aromatic rings. The largest absolute Gasteiger partial charge is 0.0779 e. The fraction of sp³-hybridized carbons (Fsp3) is 0.636. The van der Waals surface area contributed by atoms with Crippen LogP contribution in [0.5, 0.6) is 0 Å². The van der Waals surface area contributed by atoms with Gasteiger partial charge in [0.15, 0.2) is 0 Å². The maximum atomic E-state index is 2.44. The van der Waals surface area contributed by atoms with Crippen LogP contribution >= 0.6 is 0 Å². The van der Waals surface area contributed by atoms with Crippen molar-refractivity contribution in [2.45, 2.75) is 40.0 Å². The fourth-order valence-corrected chi connectivity index (χ4v) is 1.68. The molecule has 0 N–H and O–H groups in total. The lowest BCUT2D eigenvalue weighted by Crippen LogP contribution is -2.01. The Morgan fingerprint density at radius 3 is 2.73 bits per heavy atom. The minimum atomic E-state index is 0.815. The third-order valence-corrected chi connectivity index (χ3v) is 2.40. The number of hydrogen-bond acceptors (Lipinski definition) is 0. The van der Waals surface area contributed by atoms with E-state index in [9.17, 15) is 0 Å². The highest BCUT2D eigenvalue weighted by molar-refractivity contribution is 5.27. The van der Waals surface area contributed by atoms with Crippen molar-refractivity contribution >= 4 is 0 Å². The first-order valence-corrected chi connectivity index (χ1v) is 4.64. The van der Waals surface area contributed by atoms with Crippen molar-refractivity contribution in [1.82, 2.24) is 0 Å². The molecule has 0 saturated heterocycles. The first kappa shape index (κ1) is 8.58. The standard InChI is InChI=1S/C11H18/c1-4-10-6-9(3)7-11(5-2)8-10/h6,8,11H,4-5,7H2,1-3H3. The van der Waals surface area contributed by atoms with Gasteiger partial charge in [-0.2, -0.15) is 0 Å². The molecule has 1 rings (SSSR count). The Hall–Kier alpha value is -0.520. The van der Waals surface area contributed by atoms with E-state index in [-0.39, 0.29) is 0 Å². The Morgan fingerprint density at radius 2 is 2.18 bits per heavy atom. The molecule has 0 aromatic carbocycles. The average molecular weight is 150 g/mol. The number of rotatable bonds is 2. The van der Waals surface area contributed by atoms with E-state index >= 15 is 0 Å². The Kier molecular flexibility index (Phi) is 2.92. The van der Waals surface area contributed by atoms with E-state index < -0.39 is 0 Å². The summed E-state index contributed by atoms with van der Waals surface area (Å²) >= 11 is 0. The molecule has 0 spiro atoms. The van der Waals surface area contributed by atoms with Crippen molar-refractivity contribution < 1.29 is 0 Å². The second-order valence-electron chi connectivity index (χ2n) is 3.46. The molecule has 1 aliphatic rings. The van der Waals surface area contributed by atoms with Gasteiger partial charge in [-0.1, -0.05) is 37.1 Å². The Morgan fingerprint density at radius 1 is 1.45 bits per heavy atom. The summed E-state index contributed by atoms with van der Waals surface area (Å²) in [4.78, 5) is 0. The summed E-state index contributed by atoms with van der Waals surface area (Å²) in [5.41, 5.74) is 3.08. The van der Waals surface area contributed by atoms with Gasteiger partial charge in [-0.25, -0.2) is 0 Å². The SMILES string of the molecule is CCC1=CC(CC)CC(C)=C1. The summed E-state index contributed by atoms with van der Waals surface area (Å²) in [5.74, 6) is 0.815. The van der Waals surface area contributed by atoms with Crippen LogP contribution in [0.25, 0.3) is 0 Å².